The van der Waals surface area contributed by atoms with Gasteiger partial charge in [-0.3, -0.25) is 0 Å². The van der Waals surface area contributed by atoms with Crippen LogP contribution in [0.4, 0.5) is 5.69 Å². The highest BCUT2D eigenvalue weighted by Gasteiger charge is 2.19. The minimum absolute atomic E-state index is 0.679. The summed E-state index contributed by atoms with van der Waals surface area (Å²) < 4.78 is 0. The third-order valence-electron chi connectivity index (χ3n) is 2.78. The summed E-state index contributed by atoms with van der Waals surface area (Å²) in [5.74, 6) is 0. The molecule has 1 aromatic rings. The molecule has 2 rings (SSSR count). The molecule has 1 saturated carbocycles. The lowest BCUT2D eigenvalue weighted by molar-refractivity contribution is 0.675. The molecule has 0 amide bonds. The van der Waals surface area contributed by atoms with Crippen LogP contribution in [0, 0.1) is 0 Å². The lowest BCUT2D eigenvalue weighted by atomic mass is 10.3. The summed E-state index contributed by atoms with van der Waals surface area (Å²) in [6.07, 6.45) is 2.65. The molecule has 1 aliphatic rings. The molecule has 0 heterocycles. The Kier molecular flexibility index (Phi) is 3.95. The van der Waals surface area contributed by atoms with Crippen LogP contribution in [-0.4, -0.2) is 26.2 Å². The normalized spacial score (nSPS) is 15.2. The second-order valence-electron chi connectivity index (χ2n) is 4.25. The quantitative estimate of drug-likeness (QED) is 0.873. The van der Waals surface area contributed by atoms with E-state index in [1.807, 2.05) is 19.2 Å². The van der Waals surface area contributed by atoms with Gasteiger partial charge in [-0.2, -0.15) is 0 Å². The van der Waals surface area contributed by atoms with E-state index >= 15 is 0 Å². The second-order valence-corrected chi connectivity index (χ2v) is 5.09. The summed E-state index contributed by atoms with van der Waals surface area (Å²) in [6.45, 7) is 1.96. The number of halogens is 2. The zero-order valence-corrected chi connectivity index (χ0v) is 10.9. The van der Waals surface area contributed by atoms with E-state index in [0.717, 1.165) is 24.8 Å². The van der Waals surface area contributed by atoms with Crippen molar-refractivity contribution in [3.8, 4) is 0 Å². The Hall–Kier alpha value is -0.440. The third-order valence-corrected chi connectivity index (χ3v) is 3.32. The summed E-state index contributed by atoms with van der Waals surface area (Å²) in [5, 5.41) is 4.87. The first-order valence-electron chi connectivity index (χ1n) is 5.56. The molecule has 1 aliphatic carbocycles. The van der Waals surface area contributed by atoms with Gasteiger partial charge in [-0.05, 0) is 31.0 Å². The Labute approximate surface area is 107 Å². The molecular formula is C12H16Cl2N2. The van der Waals surface area contributed by atoms with Crippen molar-refractivity contribution in [3.05, 3.63) is 28.2 Å². The van der Waals surface area contributed by atoms with Crippen molar-refractivity contribution in [2.24, 2.45) is 0 Å². The van der Waals surface area contributed by atoms with E-state index in [9.17, 15) is 0 Å². The van der Waals surface area contributed by atoms with Crippen LogP contribution < -0.4 is 10.2 Å². The first kappa shape index (κ1) is 12.0. The first-order valence-corrected chi connectivity index (χ1v) is 6.32. The second kappa shape index (κ2) is 5.26. The van der Waals surface area contributed by atoms with E-state index in [2.05, 4.69) is 10.2 Å². The Morgan fingerprint density at radius 3 is 2.75 bits per heavy atom. The summed E-state index contributed by atoms with van der Waals surface area (Å²) in [4.78, 5) is 2.15. The molecule has 0 atom stereocenters. The highest BCUT2D eigenvalue weighted by molar-refractivity contribution is 6.36. The monoisotopic (exact) mass is 258 g/mol. The Morgan fingerprint density at radius 1 is 1.38 bits per heavy atom. The van der Waals surface area contributed by atoms with Crippen LogP contribution in [0.5, 0.6) is 0 Å². The van der Waals surface area contributed by atoms with E-state index in [1.54, 1.807) is 6.07 Å². The topological polar surface area (TPSA) is 15.3 Å². The number of nitrogens with one attached hydrogen (secondary N) is 1. The zero-order valence-electron chi connectivity index (χ0n) is 9.34. The van der Waals surface area contributed by atoms with Gasteiger partial charge in [0, 0.05) is 31.2 Å². The zero-order chi connectivity index (χ0) is 11.5. The van der Waals surface area contributed by atoms with Crippen LogP contribution in [0.2, 0.25) is 10.0 Å². The molecule has 0 aromatic heterocycles. The fraction of sp³-hybridized carbons (Fsp3) is 0.500. The number of anilines is 1. The molecule has 2 nitrogen and oxygen atoms in total. The fourth-order valence-electron chi connectivity index (χ4n) is 1.64. The molecule has 0 unspecified atom stereocenters. The van der Waals surface area contributed by atoms with Crippen LogP contribution in [-0.2, 0) is 0 Å². The average molecular weight is 259 g/mol. The van der Waals surface area contributed by atoms with Gasteiger partial charge < -0.3 is 10.2 Å². The standard InChI is InChI=1S/C12H16Cl2N2/c1-16(7-6-15-10-3-4-10)12-5-2-9(13)8-11(12)14/h2,5,8,10,15H,3-4,6-7H2,1H3. The average Bonchev–Trinajstić information content (AvgIpc) is 3.01. The number of rotatable bonds is 5. The van der Waals surface area contributed by atoms with E-state index < -0.39 is 0 Å². The first-order chi connectivity index (χ1) is 7.66. The van der Waals surface area contributed by atoms with Crippen molar-refractivity contribution in [2.45, 2.75) is 18.9 Å². The van der Waals surface area contributed by atoms with Gasteiger partial charge >= 0.3 is 0 Å². The fourth-order valence-corrected chi connectivity index (χ4v) is 2.19. The van der Waals surface area contributed by atoms with E-state index in [4.69, 9.17) is 23.2 Å². The van der Waals surface area contributed by atoms with Gasteiger partial charge in [0.05, 0.1) is 10.7 Å². The highest BCUT2D eigenvalue weighted by Crippen LogP contribution is 2.27. The number of benzene rings is 1. The summed E-state index contributed by atoms with van der Waals surface area (Å²) in [6, 6.07) is 6.37. The molecule has 1 fully saturated rings. The number of nitrogens with zero attached hydrogens (tertiary/aromatic N) is 1. The molecule has 0 aliphatic heterocycles. The van der Waals surface area contributed by atoms with Gasteiger partial charge in [0.1, 0.15) is 0 Å². The van der Waals surface area contributed by atoms with Crippen LogP contribution in [0.1, 0.15) is 12.8 Å². The summed E-state index contributed by atoms with van der Waals surface area (Å²) in [7, 11) is 2.05. The van der Waals surface area contributed by atoms with Crippen LogP contribution in [0.25, 0.3) is 0 Å². The minimum Gasteiger partial charge on any atom is -0.372 e. The maximum atomic E-state index is 6.13. The van der Waals surface area contributed by atoms with Gasteiger partial charge in [0.2, 0.25) is 0 Å². The molecule has 4 heteroatoms. The van der Waals surface area contributed by atoms with E-state index in [0.29, 0.717) is 10.0 Å². The van der Waals surface area contributed by atoms with Crippen molar-refractivity contribution in [2.75, 3.05) is 25.0 Å². The van der Waals surface area contributed by atoms with Crippen LogP contribution >= 0.6 is 23.2 Å². The van der Waals surface area contributed by atoms with Crippen LogP contribution in [0.15, 0.2) is 18.2 Å². The SMILES string of the molecule is CN(CCNC1CC1)c1ccc(Cl)cc1Cl. The number of likely N-dealkylation sites (N-methyl/N-ethyl adjacent to an activating group) is 1. The van der Waals surface area contributed by atoms with Crippen molar-refractivity contribution in [1.82, 2.24) is 5.32 Å². The van der Waals surface area contributed by atoms with Crippen molar-refractivity contribution < 1.29 is 0 Å². The van der Waals surface area contributed by atoms with Gasteiger partial charge in [-0.15, -0.1) is 0 Å². The van der Waals surface area contributed by atoms with Gasteiger partial charge in [0.25, 0.3) is 0 Å². The lowest BCUT2D eigenvalue weighted by Gasteiger charge is -2.20. The van der Waals surface area contributed by atoms with Crippen molar-refractivity contribution >= 4 is 28.9 Å². The number of hydrogen-bond donors (Lipinski definition) is 1. The minimum atomic E-state index is 0.679. The van der Waals surface area contributed by atoms with E-state index in [-0.39, 0.29) is 0 Å². The summed E-state index contributed by atoms with van der Waals surface area (Å²) in [5.41, 5.74) is 1.03. The Bertz CT molecular complexity index is 364. The van der Waals surface area contributed by atoms with E-state index in [1.165, 1.54) is 12.8 Å². The van der Waals surface area contributed by atoms with Gasteiger partial charge in [-0.25, -0.2) is 0 Å². The highest BCUT2D eigenvalue weighted by atomic mass is 35.5. The largest absolute Gasteiger partial charge is 0.372 e. The van der Waals surface area contributed by atoms with Gasteiger partial charge in [-0.1, -0.05) is 23.2 Å². The summed E-state index contributed by atoms with van der Waals surface area (Å²) >= 11 is 12.0. The van der Waals surface area contributed by atoms with Gasteiger partial charge in [0.15, 0.2) is 0 Å². The van der Waals surface area contributed by atoms with Crippen molar-refractivity contribution in [3.63, 3.8) is 0 Å². The molecule has 0 bridgehead atoms. The molecular weight excluding hydrogens is 243 g/mol. The molecule has 0 saturated heterocycles. The Morgan fingerprint density at radius 2 is 2.12 bits per heavy atom. The maximum Gasteiger partial charge on any atom is 0.0654 e. The molecule has 88 valence electrons. The van der Waals surface area contributed by atoms with Crippen LogP contribution in [0.3, 0.4) is 0 Å². The lowest BCUT2D eigenvalue weighted by Crippen LogP contribution is -2.30. The molecule has 1 aromatic carbocycles. The molecule has 1 N–H and O–H groups in total. The molecule has 0 spiro atoms. The third kappa shape index (κ3) is 3.27. The molecule has 0 radical (unpaired) electrons. The molecule has 16 heavy (non-hydrogen) atoms. The maximum absolute atomic E-state index is 6.13. The number of hydrogen-bond acceptors (Lipinski definition) is 2. The predicted molar refractivity (Wildman–Crippen MR) is 70.8 cm³/mol. The van der Waals surface area contributed by atoms with Crippen molar-refractivity contribution in [1.29, 1.82) is 0 Å². The predicted octanol–water partition coefficient (Wildman–Crippen LogP) is 3.18. The smallest absolute Gasteiger partial charge is 0.0654 e. The Balaban J connectivity index is 1.88.